The minimum atomic E-state index is -0.758. The number of hydrogen-bond acceptors (Lipinski definition) is 8. The lowest BCUT2D eigenvalue weighted by molar-refractivity contribution is -0.0298. The van der Waals surface area contributed by atoms with Gasteiger partial charge in [-0.1, -0.05) is 0 Å². The molecule has 1 aliphatic rings. The molecule has 1 saturated heterocycles. The first-order valence-electron chi connectivity index (χ1n) is 12.1. The van der Waals surface area contributed by atoms with Crippen molar-refractivity contribution in [1.29, 1.82) is 0 Å². The Kier molecular flexibility index (Phi) is 6.35. The standard InChI is InChI=1S/C25H23F2N7O2S/c26-15-10-16(27)12-17(11-15)34-19(32-18-6-9-37-22(18)25(34)35)4-3-7-28-23-21-24(30-13-29-23)33(14-31-21)20-5-1-2-8-36-20/h6,9-14,20H,1-5,7-8H2,(H,28,29,30). The highest BCUT2D eigenvalue weighted by atomic mass is 32.1. The number of ether oxygens (including phenoxy) is 1. The Morgan fingerprint density at radius 2 is 2.00 bits per heavy atom. The third-order valence-electron chi connectivity index (χ3n) is 6.35. The van der Waals surface area contributed by atoms with Crippen molar-refractivity contribution in [3.63, 3.8) is 0 Å². The number of fused-ring (bicyclic) bond motifs is 2. The van der Waals surface area contributed by atoms with E-state index in [0.717, 1.165) is 44.1 Å². The molecule has 5 aromatic rings. The van der Waals surface area contributed by atoms with Gasteiger partial charge in [0, 0.05) is 25.6 Å². The van der Waals surface area contributed by atoms with Gasteiger partial charge >= 0.3 is 0 Å². The Hall–Kier alpha value is -3.77. The van der Waals surface area contributed by atoms with Crippen LogP contribution in [0.25, 0.3) is 27.1 Å². The Bertz CT molecular complexity index is 1620. The van der Waals surface area contributed by atoms with Gasteiger partial charge in [-0.15, -0.1) is 11.3 Å². The number of rotatable bonds is 7. The zero-order valence-corrected chi connectivity index (χ0v) is 20.5. The Labute approximate surface area is 213 Å². The maximum absolute atomic E-state index is 14.0. The van der Waals surface area contributed by atoms with Gasteiger partial charge in [0.2, 0.25) is 0 Å². The molecule has 5 heterocycles. The van der Waals surface area contributed by atoms with E-state index in [-0.39, 0.29) is 17.5 Å². The largest absolute Gasteiger partial charge is 0.368 e. The van der Waals surface area contributed by atoms with Gasteiger partial charge in [0.25, 0.3) is 5.56 Å². The normalized spacial score (nSPS) is 16.0. The number of benzene rings is 1. The number of nitrogens with one attached hydrogen (secondary N) is 1. The average Bonchev–Trinajstić information content (AvgIpc) is 3.54. The van der Waals surface area contributed by atoms with Crippen molar-refractivity contribution < 1.29 is 13.5 Å². The first-order valence-corrected chi connectivity index (χ1v) is 12.9. The lowest BCUT2D eigenvalue weighted by atomic mass is 10.2. The SMILES string of the molecule is O=c1c2sccc2nc(CCCNc2ncnc3c2ncn3C2CCCCO2)n1-c1cc(F)cc(F)c1. The summed E-state index contributed by atoms with van der Waals surface area (Å²) in [5.74, 6) is -0.488. The zero-order valence-electron chi connectivity index (χ0n) is 19.7. The highest BCUT2D eigenvalue weighted by Crippen LogP contribution is 2.27. The van der Waals surface area contributed by atoms with Crippen LogP contribution in [0.3, 0.4) is 0 Å². The molecule has 1 unspecified atom stereocenters. The monoisotopic (exact) mass is 523 g/mol. The van der Waals surface area contributed by atoms with E-state index in [1.54, 1.807) is 17.8 Å². The van der Waals surface area contributed by atoms with Crippen LogP contribution < -0.4 is 10.9 Å². The minimum Gasteiger partial charge on any atom is -0.368 e. The quantitative estimate of drug-likeness (QED) is 0.311. The molecule has 0 saturated carbocycles. The summed E-state index contributed by atoms with van der Waals surface area (Å²) in [5.41, 5.74) is 1.69. The highest BCUT2D eigenvalue weighted by Gasteiger charge is 2.20. The van der Waals surface area contributed by atoms with Crippen LogP contribution in [0.4, 0.5) is 14.6 Å². The fraction of sp³-hybridized carbons (Fsp3) is 0.320. The minimum absolute atomic E-state index is 0.0796. The van der Waals surface area contributed by atoms with Gasteiger partial charge in [0.15, 0.2) is 17.0 Å². The van der Waals surface area contributed by atoms with Crippen molar-refractivity contribution in [3.8, 4) is 5.69 Å². The molecule has 0 radical (unpaired) electrons. The predicted molar refractivity (Wildman–Crippen MR) is 136 cm³/mol. The molecule has 1 N–H and O–H groups in total. The molecule has 12 heteroatoms. The van der Waals surface area contributed by atoms with Gasteiger partial charge in [-0.05, 0) is 49.3 Å². The van der Waals surface area contributed by atoms with Gasteiger partial charge in [0.1, 0.15) is 34.7 Å². The summed E-state index contributed by atoms with van der Waals surface area (Å²) in [6.45, 7) is 1.23. The molecule has 6 rings (SSSR count). The second kappa shape index (κ2) is 9.94. The summed E-state index contributed by atoms with van der Waals surface area (Å²) in [6, 6.07) is 4.82. The van der Waals surface area contributed by atoms with Crippen molar-refractivity contribution >= 4 is 38.5 Å². The number of imidazole rings is 1. The smallest absolute Gasteiger partial charge is 0.276 e. The van der Waals surface area contributed by atoms with E-state index in [0.29, 0.717) is 52.4 Å². The third kappa shape index (κ3) is 4.58. The zero-order chi connectivity index (χ0) is 25.4. The topological polar surface area (TPSA) is 99.8 Å². The van der Waals surface area contributed by atoms with Crippen LogP contribution in [-0.2, 0) is 11.2 Å². The van der Waals surface area contributed by atoms with Crippen molar-refractivity contribution in [1.82, 2.24) is 29.1 Å². The number of aryl methyl sites for hydroxylation is 1. The van der Waals surface area contributed by atoms with Gasteiger partial charge in [-0.3, -0.25) is 13.9 Å². The second-order valence-electron chi connectivity index (χ2n) is 8.83. The van der Waals surface area contributed by atoms with Crippen molar-refractivity contribution in [2.45, 2.75) is 38.3 Å². The molecular weight excluding hydrogens is 500 g/mol. The van der Waals surface area contributed by atoms with E-state index >= 15 is 0 Å². The number of thiophene rings is 1. The summed E-state index contributed by atoms with van der Waals surface area (Å²) in [6.07, 6.45) is 7.19. The van der Waals surface area contributed by atoms with Crippen LogP contribution in [0.2, 0.25) is 0 Å². The van der Waals surface area contributed by atoms with E-state index in [4.69, 9.17) is 4.74 Å². The molecule has 190 valence electrons. The maximum Gasteiger partial charge on any atom is 0.276 e. The number of aromatic nitrogens is 6. The molecule has 0 aliphatic carbocycles. The Balaban J connectivity index is 1.23. The molecule has 9 nitrogen and oxygen atoms in total. The number of halogens is 2. The van der Waals surface area contributed by atoms with Gasteiger partial charge in [0.05, 0.1) is 17.5 Å². The molecule has 0 bridgehead atoms. The van der Waals surface area contributed by atoms with Crippen molar-refractivity contribution in [2.24, 2.45) is 0 Å². The van der Waals surface area contributed by atoms with E-state index in [2.05, 4.69) is 25.3 Å². The van der Waals surface area contributed by atoms with E-state index < -0.39 is 11.6 Å². The summed E-state index contributed by atoms with van der Waals surface area (Å²) < 4.78 is 37.5. The molecule has 1 aromatic carbocycles. The lowest BCUT2D eigenvalue weighted by Crippen LogP contribution is -2.24. The molecule has 1 atom stereocenters. The first-order chi connectivity index (χ1) is 18.1. The van der Waals surface area contributed by atoms with Crippen molar-refractivity contribution in [2.75, 3.05) is 18.5 Å². The fourth-order valence-corrected chi connectivity index (χ4v) is 5.41. The van der Waals surface area contributed by atoms with E-state index in [1.165, 1.54) is 22.2 Å². The van der Waals surface area contributed by atoms with Crippen LogP contribution in [0.15, 0.2) is 47.1 Å². The van der Waals surface area contributed by atoms with Gasteiger partial charge in [-0.25, -0.2) is 28.7 Å². The fourth-order valence-electron chi connectivity index (χ4n) is 4.65. The summed E-state index contributed by atoms with van der Waals surface area (Å²) in [7, 11) is 0. The first kappa shape index (κ1) is 23.6. The summed E-state index contributed by atoms with van der Waals surface area (Å²) in [4.78, 5) is 31.1. The number of anilines is 1. The Morgan fingerprint density at radius 3 is 2.81 bits per heavy atom. The van der Waals surface area contributed by atoms with Crippen LogP contribution >= 0.6 is 11.3 Å². The van der Waals surface area contributed by atoms with E-state index in [1.807, 2.05) is 4.57 Å². The molecule has 37 heavy (non-hydrogen) atoms. The second-order valence-corrected chi connectivity index (χ2v) is 9.75. The van der Waals surface area contributed by atoms with E-state index in [9.17, 15) is 13.6 Å². The molecule has 1 aliphatic heterocycles. The van der Waals surface area contributed by atoms with Gasteiger partial charge < -0.3 is 10.1 Å². The van der Waals surface area contributed by atoms with Crippen LogP contribution in [0, 0.1) is 11.6 Å². The molecule has 0 spiro atoms. The predicted octanol–water partition coefficient (Wildman–Crippen LogP) is 4.61. The summed E-state index contributed by atoms with van der Waals surface area (Å²) in [5, 5.41) is 5.07. The molecule has 0 amide bonds. The highest BCUT2D eigenvalue weighted by molar-refractivity contribution is 7.17. The molecule has 1 fully saturated rings. The number of hydrogen-bond donors (Lipinski definition) is 1. The Morgan fingerprint density at radius 1 is 1.14 bits per heavy atom. The van der Waals surface area contributed by atoms with Crippen molar-refractivity contribution in [3.05, 3.63) is 70.1 Å². The summed E-state index contributed by atoms with van der Waals surface area (Å²) >= 11 is 1.25. The third-order valence-corrected chi connectivity index (χ3v) is 7.24. The number of nitrogens with zero attached hydrogens (tertiary/aromatic N) is 6. The molecular formula is C25H23F2N7O2S. The van der Waals surface area contributed by atoms with Crippen LogP contribution in [0.5, 0.6) is 0 Å². The maximum atomic E-state index is 14.0. The average molecular weight is 524 g/mol. The lowest BCUT2D eigenvalue weighted by Gasteiger charge is -2.23. The van der Waals surface area contributed by atoms with Crippen LogP contribution in [0.1, 0.15) is 37.7 Å². The van der Waals surface area contributed by atoms with Gasteiger partial charge in [-0.2, -0.15) is 0 Å². The van der Waals surface area contributed by atoms with Crippen LogP contribution in [-0.4, -0.2) is 42.2 Å². The molecule has 4 aromatic heterocycles.